The van der Waals surface area contributed by atoms with Gasteiger partial charge < -0.3 is 9.80 Å². The van der Waals surface area contributed by atoms with Crippen molar-refractivity contribution in [1.82, 2.24) is 9.80 Å². The van der Waals surface area contributed by atoms with Crippen LogP contribution in [0.2, 0.25) is 0 Å². The second kappa shape index (κ2) is 3.56. The molecule has 74 valence electrons. The van der Waals surface area contributed by atoms with Crippen LogP contribution >= 0.6 is 0 Å². The Morgan fingerprint density at radius 3 is 2.38 bits per heavy atom. The lowest BCUT2D eigenvalue weighted by Gasteiger charge is -2.31. The summed E-state index contributed by atoms with van der Waals surface area (Å²) >= 11 is 0. The minimum absolute atomic E-state index is 0.252. The third kappa shape index (κ3) is 1.95. The minimum atomic E-state index is 0.252. The molecule has 1 aliphatic carbocycles. The molecule has 1 aliphatic heterocycles. The highest BCUT2D eigenvalue weighted by molar-refractivity contribution is 5.74. The number of carbonyl (C=O) groups excluding carboxylic acids is 1. The van der Waals surface area contributed by atoms with E-state index >= 15 is 0 Å². The number of piperidine rings is 1. The van der Waals surface area contributed by atoms with Gasteiger partial charge in [-0.1, -0.05) is 0 Å². The predicted octanol–water partition coefficient (Wildman–Crippen LogP) is 1.69. The summed E-state index contributed by atoms with van der Waals surface area (Å²) in [6.07, 6.45) is 6.07. The molecule has 1 heterocycles. The number of urea groups is 1. The molecule has 2 fully saturated rings. The van der Waals surface area contributed by atoms with Gasteiger partial charge in [-0.2, -0.15) is 0 Å². The molecule has 0 aromatic heterocycles. The molecule has 0 unspecified atom stereocenters. The molecule has 0 bridgehead atoms. The van der Waals surface area contributed by atoms with E-state index in [0.717, 1.165) is 13.1 Å². The lowest BCUT2D eigenvalue weighted by Crippen LogP contribution is -2.44. The smallest absolute Gasteiger partial charge is 0.319 e. The van der Waals surface area contributed by atoms with Gasteiger partial charge >= 0.3 is 6.03 Å². The van der Waals surface area contributed by atoms with E-state index in [2.05, 4.69) is 0 Å². The van der Waals surface area contributed by atoms with Gasteiger partial charge in [0.2, 0.25) is 0 Å². The third-order valence-electron chi connectivity index (χ3n) is 3.02. The Morgan fingerprint density at radius 2 is 1.85 bits per heavy atom. The maximum absolute atomic E-state index is 11.8. The Labute approximate surface area is 79.7 Å². The first kappa shape index (κ1) is 8.85. The van der Waals surface area contributed by atoms with Crippen LogP contribution in [0.15, 0.2) is 0 Å². The van der Waals surface area contributed by atoms with E-state index in [-0.39, 0.29) is 6.03 Å². The monoisotopic (exact) mass is 182 g/mol. The van der Waals surface area contributed by atoms with Crippen LogP contribution in [0.4, 0.5) is 4.79 Å². The number of rotatable bonds is 1. The topological polar surface area (TPSA) is 23.6 Å². The highest BCUT2D eigenvalue weighted by Gasteiger charge is 2.32. The van der Waals surface area contributed by atoms with Gasteiger partial charge in [0.25, 0.3) is 0 Å². The van der Waals surface area contributed by atoms with Crippen molar-refractivity contribution >= 4 is 6.03 Å². The molecule has 0 spiro atoms. The van der Waals surface area contributed by atoms with Gasteiger partial charge in [0.1, 0.15) is 0 Å². The Morgan fingerprint density at radius 1 is 1.23 bits per heavy atom. The number of carbonyl (C=O) groups is 1. The summed E-state index contributed by atoms with van der Waals surface area (Å²) in [6, 6.07) is 0.802. The summed E-state index contributed by atoms with van der Waals surface area (Å²) in [7, 11) is 1.94. The van der Waals surface area contributed by atoms with E-state index in [1.807, 2.05) is 16.8 Å². The number of nitrogens with zero attached hydrogens (tertiary/aromatic N) is 2. The fourth-order valence-corrected chi connectivity index (χ4v) is 1.93. The maximum Gasteiger partial charge on any atom is 0.319 e. The van der Waals surface area contributed by atoms with Gasteiger partial charge in [-0.25, -0.2) is 4.79 Å². The number of hydrogen-bond donors (Lipinski definition) is 0. The summed E-state index contributed by atoms with van der Waals surface area (Å²) in [5.74, 6) is 0. The molecular formula is C10H18N2O. The van der Waals surface area contributed by atoms with Crippen LogP contribution in [-0.2, 0) is 0 Å². The molecule has 3 nitrogen and oxygen atoms in total. The molecule has 2 amide bonds. The molecular weight excluding hydrogens is 164 g/mol. The first-order chi connectivity index (χ1) is 6.29. The summed E-state index contributed by atoms with van der Waals surface area (Å²) in [5.41, 5.74) is 0. The zero-order valence-corrected chi connectivity index (χ0v) is 8.33. The normalized spacial score (nSPS) is 23.0. The SMILES string of the molecule is CN(C(=O)N1CCCCC1)C1CC1. The van der Waals surface area contributed by atoms with E-state index in [1.54, 1.807) is 0 Å². The van der Waals surface area contributed by atoms with E-state index in [1.165, 1.54) is 32.1 Å². The number of likely N-dealkylation sites (tertiary alicyclic amines) is 1. The Balaban J connectivity index is 1.86. The molecule has 1 saturated heterocycles. The Bertz CT molecular complexity index is 195. The minimum Gasteiger partial charge on any atom is -0.325 e. The molecule has 2 rings (SSSR count). The average Bonchev–Trinajstić information content (AvgIpc) is 3.00. The van der Waals surface area contributed by atoms with Gasteiger partial charge in [0.15, 0.2) is 0 Å². The van der Waals surface area contributed by atoms with E-state index < -0.39 is 0 Å². The maximum atomic E-state index is 11.8. The van der Waals surface area contributed by atoms with Crippen molar-refractivity contribution in [1.29, 1.82) is 0 Å². The van der Waals surface area contributed by atoms with Gasteiger partial charge in [0.05, 0.1) is 0 Å². The van der Waals surface area contributed by atoms with E-state index in [4.69, 9.17) is 0 Å². The van der Waals surface area contributed by atoms with Crippen molar-refractivity contribution in [2.75, 3.05) is 20.1 Å². The molecule has 0 atom stereocenters. The zero-order chi connectivity index (χ0) is 9.26. The molecule has 0 aromatic rings. The van der Waals surface area contributed by atoms with Crippen molar-refractivity contribution in [2.45, 2.75) is 38.1 Å². The van der Waals surface area contributed by atoms with Crippen molar-refractivity contribution in [3.8, 4) is 0 Å². The second-order valence-electron chi connectivity index (χ2n) is 4.17. The lowest BCUT2D eigenvalue weighted by molar-refractivity contribution is 0.151. The quantitative estimate of drug-likeness (QED) is 0.605. The van der Waals surface area contributed by atoms with Crippen LogP contribution in [0.1, 0.15) is 32.1 Å². The van der Waals surface area contributed by atoms with Crippen LogP contribution in [-0.4, -0.2) is 42.0 Å². The fraction of sp³-hybridized carbons (Fsp3) is 0.900. The van der Waals surface area contributed by atoms with Crippen molar-refractivity contribution in [3.63, 3.8) is 0 Å². The van der Waals surface area contributed by atoms with Crippen LogP contribution in [0.5, 0.6) is 0 Å². The fourth-order valence-electron chi connectivity index (χ4n) is 1.93. The molecule has 13 heavy (non-hydrogen) atoms. The summed E-state index contributed by atoms with van der Waals surface area (Å²) in [4.78, 5) is 15.8. The van der Waals surface area contributed by atoms with E-state index in [0.29, 0.717) is 6.04 Å². The first-order valence-electron chi connectivity index (χ1n) is 5.31. The highest BCUT2D eigenvalue weighted by atomic mass is 16.2. The zero-order valence-electron chi connectivity index (χ0n) is 8.33. The summed E-state index contributed by atoms with van der Waals surface area (Å²) < 4.78 is 0. The van der Waals surface area contributed by atoms with Crippen molar-refractivity contribution < 1.29 is 4.79 Å². The molecule has 1 saturated carbocycles. The molecule has 3 heteroatoms. The van der Waals surface area contributed by atoms with Crippen molar-refractivity contribution in [2.24, 2.45) is 0 Å². The highest BCUT2D eigenvalue weighted by Crippen LogP contribution is 2.26. The average molecular weight is 182 g/mol. The van der Waals surface area contributed by atoms with Crippen LogP contribution in [0, 0.1) is 0 Å². The molecule has 0 radical (unpaired) electrons. The van der Waals surface area contributed by atoms with Crippen molar-refractivity contribution in [3.05, 3.63) is 0 Å². The molecule has 0 aromatic carbocycles. The predicted molar refractivity (Wildman–Crippen MR) is 51.6 cm³/mol. The van der Waals surface area contributed by atoms with Gasteiger partial charge in [-0.15, -0.1) is 0 Å². The molecule has 2 aliphatic rings. The third-order valence-corrected chi connectivity index (χ3v) is 3.02. The van der Waals surface area contributed by atoms with Gasteiger partial charge in [-0.3, -0.25) is 0 Å². The Kier molecular flexibility index (Phi) is 2.42. The van der Waals surface area contributed by atoms with Crippen LogP contribution in [0.25, 0.3) is 0 Å². The largest absolute Gasteiger partial charge is 0.325 e. The summed E-state index contributed by atoms with van der Waals surface area (Å²) in [5, 5.41) is 0. The Hall–Kier alpha value is -0.730. The van der Waals surface area contributed by atoms with Gasteiger partial charge in [0, 0.05) is 26.2 Å². The van der Waals surface area contributed by atoms with Crippen LogP contribution in [0.3, 0.4) is 0 Å². The lowest BCUT2D eigenvalue weighted by atomic mass is 10.1. The van der Waals surface area contributed by atoms with Gasteiger partial charge in [-0.05, 0) is 32.1 Å². The summed E-state index contributed by atoms with van der Waals surface area (Å²) in [6.45, 7) is 1.94. The number of hydrogen-bond acceptors (Lipinski definition) is 1. The first-order valence-corrected chi connectivity index (χ1v) is 5.31. The molecule has 0 N–H and O–H groups in total. The van der Waals surface area contributed by atoms with E-state index in [9.17, 15) is 4.79 Å². The number of amides is 2. The van der Waals surface area contributed by atoms with Crippen LogP contribution < -0.4 is 0 Å². The standard InChI is InChI=1S/C10H18N2O/c1-11(9-5-6-9)10(13)12-7-3-2-4-8-12/h9H,2-8H2,1H3. The second-order valence-corrected chi connectivity index (χ2v) is 4.17.